The van der Waals surface area contributed by atoms with Crippen molar-refractivity contribution in [3.8, 4) is 0 Å². The van der Waals surface area contributed by atoms with Gasteiger partial charge < -0.3 is 10.2 Å². The largest absolute Gasteiger partial charge is 0.352 e. The first kappa shape index (κ1) is 29.6. The third-order valence-electron chi connectivity index (χ3n) is 7.08. The van der Waals surface area contributed by atoms with Gasteiger partial charge in [0.1, 0.15) is 18.4 Å². The van der Waals surface area contributed by atoms with Gasteiger partial charge in [-0.15, -0.1) is 0 Å². The van der Waals surface area contributed by atoms with E-state index in [-0.39, 0.29) is 34.1 Å². The number of hydrogen-bond acceptors (Lipinski definition) is 4. The summed E-state index contributed by atoms with van der Waals surface area (Å²) in [6.45, 7) is 1.21. The number of halogens is 2. The monoisotopic (exact) mass is 585 g/mol. The quantitative estimate of drug-likeness (QED) is 0.320. The van der Waals surface area contributed by atoms with Crippen LogP contribution in [0.25, 0.3) is 0 Å². The van der Waals surface area contributed by atoms with E-state index in [1.165, 1.54) is 35.2 Å². The lowest BCUT2D eigenvalue weighted by Crippen LogP contribution is -2.53. The topological polar surface area (TPSA) is 86.8 Å². The SMILES string of the molecule is CCC(C(=O)NC1CCCC1)N(Cc1ccc(F)cc1)C(=O)CN(c1ccccc1Cl)S(=O)(=O)c1ccccc1. The maximum absolute atomic E-state index is 14.1. The van der Waals surface area contributed by atoms with Crippen molar-refractivity contribution < 1.29 is 22.4 Å². The number of amides is 2. The van der Waals surface area contributed by atoms with E-state index in [4.69, 9.17) is 11.6 Å². The first-order valence-corrected chi connectivity index (χ1v) is 15.2. The van der Waals surface area contributed by atoms with Crippen LogP contribution in [-0.2, 0) is 26.2 Å². The van der Waals surface area contributed by atoms with Gasteiger partial charge in [0, 0.05) is 12.6 Å². The fourth-order valence-electron chi connectivity index (χ4n) is 4.96. The van der Waals surface area contributed by atoms with Crippen LogP contribution in [0.3, 0.4) is 0 Å². The van der Waals surface area contributed by atoms with Gasteiger partial charge in [0.15, 0.2) is 0 Å². The van der Waals surface area contributed by atoms with Crippen molar-refractivity contribution in [2.24, 2.45) is 0 Å². The highest BCUT2D eigenvalue weighted by Gasteiger charge is 2.35. The smallest absolute Gasteiger partial charge is 0.264 e. The van der Waals surface area contributed by atoms with E-state index in [2.05, 4.69) is 5.32 Å². The van der Waals surface area contributed by atoms with Gasteiger partial charge in [-0.25, -0.2) is 12.8 Å². The van der Waals surface area contributed by atoms with Gasteiger partial charge in [0.05, 0.1) is 15.6 Å². The lowest BCUT2D eigenvalue weighted by atomic mass is 10.1. The summed E-state index contributed by atoms with van der Waals surface area (Å²) in [6.07, 6.45) is 4.13. The van der Waals surface area contributed by atoms with E-state index in [0.29, 0.717) is 12.0 Å². The molecule has 1 unspecified atom stereocenters. The van der Waals surface area contributed by atoms with Gasteiger partial charge in [0.25, 0.3) is 10.0 Å². The van der Waals surface area contributed by atoms with Gasteiger partial charge in [-0.05, 0) is 61.2 Å². The Bertz CT molecular complexity index is 1410. The lowest BCUT2D eigenvalue weighted by molar-refractivity contribution is -0.140. The molecule has 40 heavy (non-hydrogen) atoms. The molecule has 0 aromatic heterocycles. The van der Waals surface area contributed by atoms with Crippen LogP contribution in [0.15, 0.2) is 83.8 Å². The fraction of sp³-hybridized carbons (Fsp3) is 0.333. The first-order chi connectivity index (χ1) is 19.2. The molecular weight excluding hydrogens is 553 g/mol. The van der Waals surface area contributed by atoms with Gasteiger partial charge in [-0.3, -0.25) is 13.9 Å². The second kappa shape index (κ2) is 13.3. The molecule has 10 heteroatoms. The van der Waals surface area contributed by atoms with Crippen LogP contribution in [0.4, 0.5) is 10.1 Å². The minimum atomic E-state index is -4.20. The molecule has 1 fully saturated rings. The zero-order chi connectivity index (χ0) is 28.7. The minimum Gasteiger partial charge on any atom is -0.352 e. The number of anilines is 1. The van der Waals surface area contributed by atoms with Gasteiger partial charge in [0.2, 0.25) is 11.8 Å². The molecule has 0 spiro atoms. The second-order valence-corrected chi connectivity index (χ2v) is 12.1. The molecule has 1 N–H and O–H groups in total. The normalized spacial score (nSPS) is 14.5. The van der Waals surface area contributed by atoms with Crippen molar-refractivity contribution in [3.05, 3.63) is 95.3 Å². The summed E-state index contributed by atoms with van der Waals surface area (Å²) in [4.78, 5) is 28.9. The van der Waals surface area contributed by atoms with E-state index in [0.717, 1.165) is 30.0 Å². The van der Waals surface area contributed by atoms with Crippen LogP contribution in [0, 0.1) is 5.82 Å². The predicted octanol–water partition coefficient (Wildman–Crippen LogP) is 5.54. The Labute approximate surface area is 240 Å². The molecule has 0 saturated heterocycles. The van der Waals surface area contributed by atoms with E-state index < -0.39 is 34.3 Å². The molecule has 3 aromatic rings. The molecule has 1 atom stereocenters. The maximum atomic E-state index is 14.1. The molecule has 4 rings (SSSR count). The van der Waals surface area contributed by atoms with Crippen LogP contribution in [0.5, 0.6) is 0 Å². The van der Waals surface area contributed by atoms with Gasteiger partial charge >= 0.3 is 0 Å². The van der Waals surface area contributed by atoms with E-state index in [1.54, 1.807) is 55.5 Å². The molecule has 3 aromatic carbocycles. The van der Waals surface area contributed by atoms with Crippen LogP contribution in [0.2, 0.25) is 5.02 Å². The molecule has 0 aliphatic heterocycles. The number of sulfonamides is 1. The summed E-state index contributed by atoms with van der Waals surface area (Å²) in [5, 5.41) is 3.22. The van der Waals surface area contributed by atoms with E-state index >= 15 is 0 Å². The van der Waals surface area contributed by atoms with Crippen molar-refractivity contribution in [3.63, 3.8) is 0 Å². The number of nitrogens with zero attached hydrogens (tertiary/aromatic N) is 2. The zero-order valence-corrected chi connectivity index (χ0v) is 23.9. The number of nitrogens with one attached hydrogen (secondary N) is 1. The Kier molecular flexibility index (Phi) is 9.81. The van der Waals surface area contributed by atoms with Crippen molar-refractivity contribution in [1.29, 1.82) is 0 Å². The summed E-state index contributed by atoms with van der Waals surface area (Å²) < 4.78 is 42.2. The summed E-state index contributed by atoms with van der Waals surface area (Å²) in [5.41, 5.74) is 0.753. The molecule has 1 saturated carbocycles. The van der Waals surface area contributed by atoms with Crippen molar-refractivity contribution >= 4 is 39.1 Å². The van der Waals surface area contributed by atoms with Crippen molar-refractivity contribution in [2.45, 2.75) is 62.6 Å². The molecule has 0 bridgehead atoms. The molecule has 0 heterocycles. The van der Waals surface area contributed by atoms with E-state index in [1.807, 2.05) is 0 Å². The number of benzene rings is 3. The number of rotatable bonds is 11. The number of carbonyl (C=O) groups excluding carboxylic acids is 2. The van der Waals surface area contributed by atoms with Crippen LogP contribution in [0.1, 0.15) is 44.6 Å². The molecular formula is C30H33ClFN3O4S. The third kappa shape index (κ3) is 7.01. The highest BCUT2D eigenvalue weighted by atomic mass is 35.5. The van der Waals surface area contributed by atoms with Crippen molar-refractivity contribution in [1.82, 2.24) is 10.2 Å². The number of para-hydroxylation sites is 1. The minimum absolute atomic E-state index is 0.00109. The number of carbonyl (C=O) groups is 2. The highest BCUT2D eigenvalue weighted by Crippen LogP contribution is 2.31. The second-order valence-electron chi connectivity index (χ2n) is 9.84. The molecule has 212 valence electrons. The molecule has 7 nitrogen and oxygen atoms in total. The maximum Gasteiger partial charge on any atom is 0.264 e. The Hall–Kier alpha value is -3.43. The third-order valence-corrected chi connectivity index (χ3v) is 9.18. The van der Waals surface area contributed by atoms with Crippen LogP contribution >= 0.6 is 11.6 Å². The van der Waals surface area contributed by atoms with E-state index in [9.17, 15) is 22.4 Å². The highest BCUT2D eigenvalue weighted by molar-refractivity contribution is 7.92. The summed E-state index contributed by atoms with van der Waals surface area (Å²) in [7, 11) is -4.20. The standard InChI is InChI=1S/C30H33ClFN3O4S/c1-2-27(30(37)33-24-10-6-7-11-24)34(20-22-16-18-23(32)19-17-22)29(36)21-35(28-15-9-8-14-26(28)31)40(38,39)25-12-4-3-5-13-25/h3-5,8-9,12-19,24,27H,2,6-7,10-11,20-21H2,1H3,(H,33,37). The predicted molar refractivity (Wildman–Crippen MR) is 154 cm³/mol. The zero-order valence-electron chi connectivity index (χ0n) is 22.3. The Morgan fingerprint density at radius 1 is 0.975 bits per heavy atom. The van der Waals surface area contributed by atoms with Crippen LogP contribution in [-0.4, -0.2) is 43.8 Å². The summed E-state index contributed by atoms with van der Waals surface area (Å²) in [6, 6.07) is 19.0. The van der Waals surface area contributed by atoms with Crippen LogP contribution < -0.4 is 9.62 Å². The van der Waals surface area contributed by atoms with Gasteiger partial charge in [-0.1, -0.05) is 73.8 Å². The Balaban J connectivity index is 1.71. The summed E-state index contributed by atoms with van der Waals surface area (Å²) in [5.74, 6) is -1.30. The average molecular weight is 586 g/mol. The van der Waals surface area contributed by atoms with Crippen molar-refractivity contribution in [2.75, 3.05) is 10.8 Å². The molecule has 1 aliphatic rings. The average Bonchev–Trinajstić information content (AvgIpc) is 3.46. The lowest BCUT2D eigenvalue weighted by Gasteiger charge is -2.34. The Morgan fingerprint density at radius 3 is 2.23 bits per heavy atom. The summed E-state index contributed by atoms with van der Waals surface area (Å²) >= 11 is 6.42. The number of hydrogen-bond donors (Lipinski definition) is 1. The molecule has 2 amide bonds. The fourth-order valence-corrected chi connectivity index (χ4v) is 6.70. The molecule has 1 aliphatic carbocycles. The first-order valence-electron chi connectivity index (χ1n) is 13.4. The Morgan fingerprint density at radius 2 is 1.60 bits per heavy atom. The van der Waals surface area contributed by atoms with Gasteiger partial charge in [-0.2, -0.15) is 0 Å². The molecule has 0 radical (unpaired) electrons.